The molecule has 16 heavy (non-hydrogen) atoms. The highest BCUT2D eigenvalue weighted by Crippen LogP contribution is 2.32. The summed E-state index contributed by atoms with van der Waals surface area (Å²) in [6.07, 6.45) is -2.91. The number of halogens is 4. The minimum atomic E-state index is -4.38. The van der Waals surface area contributed by atoms with E-state index >= 15 is 0 Å². The van der Waals surface area contributed by atoms with Crippen molar-refractivity contribution in [3.8, 4) is 0 Å². The zero-order valence-corrected chi connectivity index (χ0v) is 8.83. The van der Waals surface area contributed by atoms with Crippen LogP contribution in [0, 0.1) is 11.6 Å². The summed E-state index contributed by atoms with van der Waals surface area (Å²) in [6.45, 7) is 3.39. The van der Waals surface area contributed by atoms with E-state index in [1.54, 1.807) is 0 Å². The molecule has 1 nitrogen and oxygen atoms in total. The predicted octanol–water partition coefficient (Wildman–Crippen LogP) is 3.28. The van der Waals surface area contributed by atoms with Gasteiger partial charge in [-0.05, 0) is 12.1 Å². The number of benzene rings is 1. The van der Waals surface area contributed by atoms with Gasteiger partial charge in [0.05, 0.1) is 5.56 Å². The van der Waals surface area contributed by atoms with E-state index < -0.39 is 23.3 Å². The van der Waals surface area contributed by atoms with Crippen molar-refractivity contribution in [2.24, 2.45) is 0 Å². The Morgan fingerprint density at radius 3 is 2.44 bits per heavy atom. The molecule has 6 heteroatoms. The first-order valence-corrected chi connectivity index (χ1v) is 5.19. The Labute approximate surface area is 93.8 Å². The van der Waals surface area contributed by atoms with Gasteiger partial charge in [-0.15, -0.1) is 18.3 Å². The van der Waals surface area contributed by atoms with Crippen LogP contribution in [-0.2, 0) is 6.11 Å². The van der Waals surface area contributed by atoms with Gasteiger partial charge in [-0.3, -0.25) is 0 Å². The lowest BCUT2D eigenvalue weighted by Gasteiger charge is -2.11. The first-order chi connectivity index (χ1) is 7.38. The lowest BCUT2D eigenvalue weighted by atomic mass is 10.2. The minimum absolute atomic E-state index is 0.106. The molecule has 0 bridgehead atoms. The highest BCUT2D eigenvalue weighted by atomic mass is 32.2. The van der Waals surface area contributed by atoms with Crippen molar-refractivity contribution >= 4 is 11.8 Å². The van der Waals surface area contributed by atoms with Crippen molar-refractivity contribution in [3.63, 3.8) is 0 Å². The van der Waals surface area contributed by atoms with E-state index in [4.69, 9.17) is 5.11 Å². The van der Waals surface area contributed by atoms with Gasteiger partial charge in [-0.2, -0.15) is 8.78 Å². The third-order valence-electron chi connectivity index (χ3n) is 1.73. The van der Waals surface area contributed by atoms with Gasteiger partial charge in [0.15, 0.2) is 11.6 Å². The van der Waals surface area contributed by atoms with Gasteiger partial charge in [0.1, 0.15) is 0 Å². The topological polar surface area (TPSA) is 20.2 Å². The summed E-state index contributed by atoms with van der Waals surface area (Å²) in [7, 11) is 0. The van der Waals surface area contributed by atoms with Gasteiger partial charge >= 0.3 is 6.11 Å². The molecule has 0 heterocycles. The van der Waals surface area contributed by atoms with Crippen LogP contribution in [-0.4, -0.2) is 10.9 Å². The van der Waals surface area contributed by atoms with E-state index in [1.807, 2.05) is 0 Å². The van der Waals surface area contributed by atoms with E-state index in [2.05, 4.69) is 6.58 Å². The fraction of sp³-hybridized carbons (Fsp3) is 0.200. The van der Waals surface area contributed by atoms with Crippen molar-refractivity contribution in [3.05, 3.63) is 42.0 Å². The van der Waals surface area contributed by atoms with Gasteiger partial charge in [-0.25, -0.2) is 8.78 Å². The molecule has 0 amide bonds. The predicted molar refractivity (Wildman–Crippen MR) is 53.4 cm³/mol. The second-order valence-electron chi connectivity index (χ2n) is 2.88. The number of hydrogen-bond acceptors (Lipinski definition) is 2. The Bertz CT molecular complexity index is 401. The molecule has 0 saturated carbocycles. The average molecular weight is 252 g/mol. The molecule has 0 fully saturated rings. The Morgan fingerprint density at radius 2 is 1.94 bits per heavy atom. The van der Waals surface area contributed by atoms with E-state index in [0.717, 1.165) is 17.8 Å². The SMILES string of the molecule is C=CCSc1ccc(C(O)(F)F)c(F)c1F. The van der Waals surface area contributed by atoms with Crippen molar-refractivity contribution in [1.82, 2.24) is 0 Å². The van der Waals surface area contributed by atoms with Crippen LogP contribution in [0.1, 0.15) is 5.56 Å². The fourth-order valence-electron chi connectivity index (χ4n) is 1.02. The second kappa shape index (κ2) is 4.88. The third kappa shape index (κ3) is 2.76. The highest BCUT2D eigenvalue weighted by molar-refractivity contribution is 7.99. The van der Waals surface area contributed by atoms with Crippen LogP contribution in [0.15, 0.2) is 29.7 Å². The summed E-state index contributed by atoms with van der Waals surface area (Å²) in [4.78, 5) is -0.106. The molecular formula is C10H8F4OS. The van der Waals surface area contributed by atoms with Gasteiger partial charge < -0.3 is 5.11 Å². The number of alkyl halides is 2. The van der Waals surface area contributed by atoms with Crippen LogP contribution in [0.2, 0.25) is 0 Å². The van der Waals surface area contributed by atoms with Gasteiger partial charge in [0, 0.05) is 10.6 Å². The maximum absolute atomic E-state index is 13.2. The molecule has 0 aliphatic heterocycles. The lowest BCUT2D eigenvalue weighted by Crippen LogP contribution is -2.15. The second-order valence-corrected chi connectivity index (χ2v) is 3.94. The van der Waals surface area contributed by atoms with Crippen LogP contribution < -0.4 is 0 Å². The van der Waals surface area contributed by atoms with Crippen molar-refractivity contribution in [2.45, 2.75) is 11.0 Å². The lowest BCUT2D eigenvalue weighted by molar-refractivity contribution is -0.211. The summed E-state index contributed by atoms with van der Waals surface area (Å²) in [5.41, 5.74) is -1.37. The first kappa shape index (κ1) is 13.1. The minimum Gasteiger partial charge on any atom is -0.332 e. The molecule has 0 radical (unpaired) electrons. The molecule has 1 rings (SSSR count). The maximum Gasteiger partial charge on any atom is 0.383 e. The quantitative estimate of drug-likeness (QED) is 0.504. The number of thioether (sulfide) groups is 1. The first-order valence-electron chi connectivity index (χ1n) is 4.20. The zero-order chi connectivity index (χ0) is 12.3. The molecule has 0 aliphatic rings. The highest BCUT2D eigenvalue weighted by Gasteiger charge is 2.33. The van der Waals surface area contributed by atoms with Crippen LogP contribution in [0.5, 0.6) is 0 Å². The van der Waals surface area contributed by atoms with Gasteiger partial charge in [0.2, 0.25) is 0 Å². The van der Waals surface area contributed by atoms with Gasteiger partial charge in [0.25, 0.3) is 0 Å². The monoisotopic (exact) mass is 252 g/mol. The van der Waals surface area contributed by atoms with E-state index in [9.17, 15) is 17.6 Å². The van der Waals surface area contributed by atoms with Crippen molar-refractivity contribution < 1.29 is 22.7 Å². The number of hydrogen-bond donors (Lipinski definition) is 1. The molecule has 88 valence electrons. The molecule has 1 aromatic carbocycles. The van der Waals surface area contributed by atoms with Crippen molar-refractivity contribution in [1.29, 1.82) is 0 Å². The molecule has 1 aromatic rings. The fourth-order valence-corrected chi connectivity index (χ4v) is 1.70. The summed E-state index contributed by atoms with van der Waals surface area (Å²) >= 11 is 0.921. The third-order valence-corrected chi connectivity index (χ3v) is 2.76. The Kier molecular flexibility index (Phi) is 3.98. The normalized spacial score (nSPS) is 11.6. The zero-order valence-electron chi connectivity index (χ0n) is 8.01. The molecule has 0 unspecified atom stereocenters. The van der Waals surface area contributed by atoms with E-state index in [0.29, 0.717) is 11.8 Å². The molecule has 0 aliphatic carbocycles. The van der Waals surface area contributed by atoms with Gasteiger partial charge in [-0.1, -0.05) is 6.08 Å². The van der Waals surface area contributed by atoms with Crippen LogP contribution in [0.4, 0.5) is 17.6 Å². The summed E-state index contributed by atoms with van der Waals surface area (Å²) in [5.74, 6) is -2.80. The van der Waals surface area contributed by atoms with Crippen LogP contribution >= 0.6 is 11.8 Å². The molecule has 0 spiro atoms. The molecule has 1 N–H and O–H groups in total. The average Bonchev–Trinajstić information content (AvgIpc) is 2.18. The molecular weight excluding hydrogens is 244 g/mol. The molecule has 0 saturated heterocycles. The van der Waals surface area contributed by atoms with E-state index in [-0.39, 0.29) is 4.90 Å². The summed E-state index contributed by atoms with van der Waals surface area (Å²) in [6, 6.07) is 1.65. The van der Waals surface area contributed by atoms with Crippen LogP contribution in [0.3, 0.4) is 0 Å². The Morgan fingerprint density at radius 1 is 1.31 bits per heavy atom. The largest absolute Gasteiger partial charge is 0.383 e. The van der Waals surface area contributed by atoms with E-state index in [1.165, 1.54) is 6.08 Å². The summed E-state index contributed by atoms with van der Waals surface area (Å²) in [5, 5.41) is 8.30. The molecule has 0 aromatic heterocycles. The number of aliphatic hydroxyl groups is 1. The van der Waals surface area contributed by atoms with Crippen molar-refractivity contribution in [2.75, 3.05) is 5.75 Å². The summed E-state index contributed by atoms with van der Waals surface area (Å²) < 4.78 is 51.2. The smallest absolute Gasteiger partial charge is 0.332 e. The van der Waals surface area contributed by atoms with Crippen LogP contribution in [0.25, 0.3) is 0 Å². The maximum atomic E-state index is 13.2. The Hall–Kier alpha value is -1.01. The molecule has 0 atom stereocenters. The number of rotatable bonds is 4. The Balaban J connectivity index is 3.13. The standard InChI is InChI=1S/C10H8F4OS/c1-2-5-16-7-4-3-6(10(13,14)15)8(11)9(7)12/h2-4,15H,1,5H2.